The molecule has 1 aromatic heterocycles. The van der Waals surface area contributed by atoms with Gasteiger partial charge >= 0.3 is 5.97 Å². The number of hydrogen-bond donors (Lipinski definition) is 1. The molecule has 7 nitrogen and oxygen atoms in total. The van der Waals surface area contributed by atoms with Crippen LogP contribution in [-0.2, 0) is 9.47 Å². The van der Waals surface area contributed by atoms with E-state index in [1.54, 1.807) is 18.2 Å². The van der Waals surface area contributed by atoms with Gasteiger partial charge in [-0.1, -0.05) is 23.7 Å². The molecule has 1 saturated heterocycles. The predicted molar refractivity (Wildman–Crippen MR) is 94.7 cm³/mol. The molecule has 0 spiro atoms. The molecule has 2 atom stereocenters. The third-order valence-electron chi connectivity index (χ3n) is 4.08. The number of esters is 1. The molecule has 1 fully saturated rings. The molecule has 2 aromatic rings. The number of morpholine rings is 1. The number of nitrogens with zero attached hydrogens (tertiary/aromatic N) is 3. The van der Waals surface area contributed by atoms with E-state index in [1.165, 1.54) is 7.11 Å². The Bertz CT molecular complexity index is 769. The van der Waals surface area contributed by atoms with Gasteiger partial charge in [-0.3, -0.25) is 0 Å². The van der Waals surface area contributed by atoms with E-state index in [0.29, 0.717) is 29.6 Å². The van der Waals surface area contributed by atoms with E-state index in [4.69, 9.17) is 26.8 Å². The van der Waals surface area contributed by atoms with E-state index in [9.17, 15) is 4.79 Å². The number of carbonyl (C=O) groups excluding carboxylic acids is 1. The summed E-state index contributed by atoms with van der Waals surface area (Å²) in [6, 6.07) is 8.91. The highest BCUT2D eigenvalue weighted by molar-refractivity contribution is 6.29. The number of halogens is 1. The van der Waals surface area contributed by atoms with Crippen molar-refractivity contribution in [2.45, 2.75) is 19.1 Å². The normalized spacial score (nSPS) is 20.4. The smallest absolute Gasteiger partial charge is 0.337 e. The van der Waals surface area contributed by atoms with Crippen molar-refractivity contribution in [1.29, 1.82) is 0 Å². The summed E-state index contributed by atoms with van der Waals surface area (Å²) in [6.07, 6.45) is -0.174. The number of nitrogen functional groups attached to an aromatic ring is 1. The number of rotatable bonds is 3. The zero-order valence-electron chi connectivity index (χ0n) is 14.0. The molecular formula is C17H19ClN4O3. The van der Waals surface area contributed by atoms with Crippen LogP contribution in [0.4, 0.5) is 11.5 Å². The lowest BCUT2D eigenvalue weighted by molar-refractivity contribution is -0.0173. The Morgan fingerprint density at radius 1 is 1.32 bits per heavy atom. The summed E-state index contributed by atoms with van der Waals surface area (Å²) in [6.45, 7) is 3.26. The number of hydrogen-bond acceptors (Lipinski definition) is 7. The lowest BCUT2D eigenvalue weighted by Crippen LogP contribution is -2.43. The monoisotopic (exact) mass is 362 g/mol. The van der Waals surface area contributed by atoms with Gasteiger partial charge in [-0.05, 0) is 24.6 Å². The quantitative estimate of drug-likeness (QED) is 0.838. The van der Waals surface area contributed by atoms with Crippen molar-refractivity contribution in [3.05, 3.63) is 46.6 Å². The van der Waals surface area contributed by atoms with Crippen molar-refractivity contribution < 1.29 is 14.3 Å². The maximum Gasteiger partial charge on any atom is 0.337 e. The van der Waals surface area contributed by atoms with Gasteiger partial charge in [0.25, 0.3) is 0 Å². The Morgan fingerprint density at radius 3 is 2.72 bits per heavy atom. The van der Waals surface area contributed by atoms with E-state index >= 15 is 0 Å². The number of nitrogens with two attached hydrogens (primary N) is 1. The summed E-state index contributed by atoms with van der Waals surface area (Å²) >= 11 is 5.96. The Balaban J connectivity index is 1.83. The molecule has 0 amide bonds. The summed E-state index contributed by atoms with van der Waals surface area (Å²) in [5, 5.41) is 7.93. The summed E-state index contributed by atoms with van der Waals surface area (Å²) in [7, 11) is 1.36. The first-order chi connectivity index (χ1) is 12.0. The number of aromatic nitrogens is 2. The Labute approximate surface area is 150 Å². The average molecular weight is 363 g/mol. The molecule has 0 radical (unpaired) electrons. The van der Waals surface area contributed by atoms with E-state index < -0.39 is 0 Å². The lowest BCUT2D eigenvalue weighted by atomic mass is 10.0. The minimum absolute atomic E-state index is 0.00891. The summed E-state index contributed by atoms with van der Waals surface area (Å²) < 4.78 is 10.8. The predicted octanol–water partition coefficient (Wildman–Crippen LogP) is 2.47. The van der Waals surface area contributed by atoms with Crippen molar-refractivity contribution in [3.8, 4) is 0 Å². The number of ether oxygens (including phenoxy) is 2. The second-order valence-electron chi connectivity index (χ2n) is 5.89. The van der Waals surface area contributed by atoms with Crippen LogP contribution in [0.3, 0.4) is 0 Å². The largest absolute Gasteiger partial charge is 0.465 e. The molecule has 3 rings (SSSR count). The molecular weight excluding hydrogens is 344 g/mol. The highest BCUT2D eigenvalue weighted by Gasteiger charge is 2.28. The van der Waals surface area contributed by atoms with Crippen molar-refractivity contribution in [1.82, 2.24) is 10.2 Å². The Morgan fingerprint density at radius 2 is 2.04 bits per heavy atom. The molecule has 2 N–H and O–H groups in total. The minimum atomic E-state index is -0.364. The first-order valence-electron chi connectivity index (χ1n) is 7.85. The number of methoxy groups -OCH3 is 1. The van der Waals surface area contributed by atoms with Crippen LogP contribution < -0.4 is 10.6 Å². The minimum Gasteiger partial charge on any atom is -0.465 e. The third-order valence-corrected chi connectivity index (χ3v) is 4.26. The van der Waals surface area contributed by atoms with Crippen LogP contribution in [0.25, 0.3) is 0 Å². The summed E-state index contributed by atoms with van der Waals surface area (Å²) in [5.41, 5.74) is 8.16. The van der Waals surface area contributed by atoms with Crippen LogP contribution in [-0.4, -0.2) is 42.5 Å². The van der Waals surface area contributed by atoms with Crippen molar-refractivity contribution >= 4 is 29.1 Å². The second kappa shape index (κ2) is 7.25. The van der Waals surface area contributed by atoms with E-state index in [2.05, 4.69) is 15.1 Å². The molecule has 0 bridgehead atoms. The zero-order valence-corrected chi connectivity index (χ0v) is 14.7. The van der Waals surface area contributed by atoms with Gasteiger partial charge in [-0.25, -0.2) is 4.79 Å². The standard InChI is InChI=1S/C17H19ClN4O3/c1-10-8-22(13-7-15(18)20-21-16(13)19)9-14(25-10)11-3-5-12(6-4-11)17(23)24-2/h3-7,10,14H,8-9H2,1-2H3,(H2,19,21)/t10-,14-/m0/s1. The number of benzene rings is 1. The fraction of sp³-hybridized carbons (Fsp3) is 0.353. The lowest BCUT2D eigenvalue weighted by Gasteiger charge is -2.38. The molecule has 25 heavy (non-hydrogen) atoms. The molecule has 1 aliphatic rings. The zero-order chi connectivity index (χ0) is 18.0. The molecule has 8 heteroatoms. The van der Waals surface area contributed by atoms with Crippen LogP contribution >= 0.6 is 11.6 Å². The maximum atomic E-state index is 11.6. The highest BCUT2D eigenvalue weighted by atomic mass is 35.5. The maximum absolute atomic E-state index is 11.6. The molecule has 1 aliphatic heterocycles. The molecule has 2 heterocycles. The first-order valence-corrected chi connectivity index (χ1v) is 8.23. The molecule has 0 aliphatic carbocycles. The fourth-order valence-corrected chi connectivity index (χ4v) is 3.05. The van der Waals surface area contributed by atoms with Crippen molar-refractivity contribution in [2.24, 2.45) is 0 Å². The van der Waals surface area contributed by atoms with Gasteiger partial charge in [0.15, 0.2) is 11.0 Å². The van der Waals surface area contributed by atoms with Crippen molar-refractivity contribution in [3.63, 3.8) is 0 Å². The van der Waals surface area contributed by atoms with Gasteiger partial charge in [-0.15, -0.1) is 10.2 Å². The fourth-order valence-electron chi connectivity index (χ4n) is 2.91. The van der Waals surface area contributed by atoms with Crippen LogP contribution in [0.2, 0.25) is 5.15 Å². The average Bonchev–Trinajstić information content (AvgIpc) is 2.62. The molecule has 0 unspecified atom stereocenters. The van der Waals surface area contributed by atoms with Crippen molar-refractivity contribution in [2.75, 3.05) is 30.8 Å². The van der Waals surface area contributed by atoms with E-state index in [-0.39, 0.29) is 18.2 Å². The Kier molecular flexibility index (Phi) is 5.06. The molecule has 1 aromatic carbocycles. The van der Waals surface area contributed by atoms with Crippen LogP contribution in [0.5, 0.6) is 0 Å². The molecule has 0 saturated carbocycles. The topological polar surface area (TPSA) is 90.6 Å². The van der Waals surface area contributed by atoms with Gasteiger partial charge in [0, 0.05) is 19.2 Å². The van der Waals surface area contributed by atoms with Crippen LogP contribution in [0.1, 0.15) is 28.9 Å². The van der Waals surface area contributed by atoms with Gasteiger partial charge in [0.2, 0.25) is 0 Å². The van der Waals surface area contributed by atoms with Gasteiger partial charge in [0.05, 0.1) is 24.5 Å². The van der Waals surface area contributed by atoms with Gasteiger partial charge < -0.3 is 20.1 Å². The van der Waals surface area contributed by atoms with Gasteiger partial charge in [-0.2, -0.15) is 0 Å². The first kappa shape index (κ1) is 17.4. The van der Waals surface area contributed by atoms with Gasteiger partial charge in [0.1, 0.15) is 6.10 Å². The third kappa shape index (κ3) is 3.83. The summed E-state index contributed by atoms with van der Waals surface area (Å²) in [4.78, 5) is 13.6. The SMILES string of the molecule is COC(=O)c1ccc([C@@H]2CN(c3cc(Cl)nnc3N)C[C@H](C)O2)cc1. The molecule has 132 valence electrons. The van der Waals surface area contributed by atoms with Crippen LogP contribution in [0.15, 0.2) is 30.3 Å². The Hall–Kier alpha value is -2.38. The second-order valence-corrected chi connectivity index (χ2v) is 6.28. The highest BCUT2D eigenvalue weighted by Crippen LogP contribution is 2.31. The summed E-state index contributed by atoms with van der Waals surface area (Å²) in [5.74, 6) is -0.0327. The number of carbonyl (C=O) groups is 1. The van der Waals surface area contributed by atoms with E-state index in [0.717, 1.165) is 11.3 Å². The van der Waals surface area contributed by atoms with E-state index in [1.807, 2.05) is 19.1 Å². The number of anilines is 2. The van der Waals surface area contributed by atoms with Crippen LogP contribution in [0, 0.1) is 0 Å².